The third-order valence-electron chi connectivity index (χ3n) is 2.52. The van der Waals surface area contributed by atoms with Gasteiger partial charge in [-0.3, -0.25) is 4.68 Å². The molecule has 1 aromatic carbocycles. The van der Waals surface area contributed by atoms with E-state index in [1.165, 1.54) is 18.1 Å². The lowest BCUT2D eigenvalue weighted by Gasteiger charge is -1.96. The lowest BCUT2D eigenvalue weighted by molar-refractivity contribution is 0.489. The molecular weight excluding hydrogens is 250 g/mol. The summed E-state index contributed by atoms with van der Waals surface area (Å²) in [6.07, 6.45) is 1.53. The Morgan fingerprint density at radius 1 is 1.44 bits per heavy atom. The van der Waals surface area contributed by atoms with E-state index < -0.39 is 0 Å². The molecule has 0 fully saturated rings. The summed E-state index contributed by atoms with van der Waals surface area (Å²) in [6.45, 7) is 0. The zero-order valence-corrected chi connectivity index (χ0v) is 10.5. The van der Waals surface area contributed by atoms with Gasteiger partial charge in [0.25, 0.3) is 5.22 Å². The number of hydrogen-bond donors (Lipinski definition) is 1. The van der Waals surface area contributed by atoms with Crippen molar-refractivity contribution in [3.8, 4) is 0 Å². The molecule has 0 spiro atoms. The summed E-state index contributed by atoms with van der Waals surface area (Å²) >= 11 is 1.48. The second-order valence-electron chi connectivity index (χ2n) is 3.80. The molecule has 0 saturated heterocycles. The molecule has 7 heteroatoms. The summed E-state index contributed by atoms with van der Waals surface area (Å²) < 4.78 is 7.33. The van der Waals surface area contributed by atoms with E-state index in [2.05, 4.69) is 15.1 Å². The molecular formula is C11H11N5OS. The van der Waals surface area contributed by atoms with Crippen molar-refractivity contribution in [2.45, 2.75) is 11.0 Å². The van der Waals surface area contributed by atoms with Crippen molar-refractivity contribution >= 4 is 28.5 Å². The van der Waals surface area contributed by atoms with Crippen LogP contribution in [0, 0.1) is 0 Å². The largest absolute Gasteiger partial charge is 0.431 e. The Morgan fingerprint density at radius 3 is 3.11 bits per heavy atom. The lowest BCUT2D eigenvalue weighted by Crippen LogP contribution is -1.97. The highest BCUT2D eigenvalue weighted by atomic mass is 32.2. The number of benzene rings is 1. The number of nitrogens with two attached hydrogens (primary N) is 1. The highest BCUT2D eigenvalue weighted by molar-refractivity contribution is 7.98. The molecule has 0 saturated carbocycles. The molecule has 0 amide bonds. The topological polar surface area (TPSA) is 82.8 Å². The van der Waals surface area contributed by atoms with E-state index >= 15 is 0 Å². The van der Waals surface area contributed by atoms with Crippen molar-refractivity contribution in [2.75, 3.05) is 5.73 Å². The average Bonchev–Trinajstić information content (AvgIpc) is 2.92. The number of nitrogen functional groups attached to an aromatic ring is 1. The van der Waals surface area contributed by atoms with Gasteiger partial charge in [0, 0.05) is 18.8 Å². The first kappa shape index (κ1) is 11.1. The molecule has 0 aliphatic carbocycles. The summed E-state index contributed by atoms with van der Waals surface area (Å²) in [4.78, 5) is 8.51. The normalized spacial score (nSPS) is 11.2. The third-order valence-corrected chi connectivity index (χ3v) is 3.35. The van der Waals surface area contributed by atoms with Gasteiger partial charge in [-0.25, -0.2) is 9.97 Å². The number of thioether (sulfide) groups is 1. The van der Waals surface area contributed by atoms with Gasteiger partial charge < -0.3 is 10.2 Å². The first-order valence-electron chi connectivity index (χ1n) is 5.34. The van der Waals surface area contributed by atoms with Crippen LogP contribution >= 0.6 is 11.8 Å². The summed E-state index contributed by atoms with van der Waals surface area (Å²) in [5, 5.41) is 4.62. The van der Waals surface area contributed by atoms with Crippen LogP contribution in [0.5, 0.6) is 0 Å². The molecule has 2 aromatic heterocycles. The molecule has 18 heavy (non-hydrogen) atoms. The fraction of sp³-hybridized carbons (Fsp3) is 0.182. The van der Waals surface area contributed by atoms with E-state index in [1.807, 2.05) is 19.2 Å². The highest BCUT2D eigenvalue weighted by Crippen LogP contribution is 2.26. The molecule has 2 heterocycles. The molecule has 0 atom stereocenters. The van der Waals surface area contributed by atoms with Crippen LogP contribution in [0.15, 0.2) is 34.2 Å². The van der Waals surface area contributed by atoms with Crippen molar-refractivity contribution in [1.29, 1.82) is 0 Å². The van der Waals surface area contributed by atoms with Crippen molar-refractivity contribution < 1.29 is 4.42 Å². The molecule has 92 valence electrons. The molecule has 0 aliphatic rings. The monoisotopic (exact) mass is 261 g/mol. The fourth-order valence-corrected chi connectivity index (χ4v) is 2.38. The predicted molar refractivity (Wildman–Crippen MR) is 69.0 cm³/mol. The van der Waals surface area contributed by atoms with Crippen LogP contribution in [-0.2, 0) is 12.8 Å². The first-order valence-corrected chi connectivity index (χ1v) is 6.32. The second-order valence-corrected chi connectivity index (χ2v) is 4.72. The second kappa shape index (κ2) is 4.34. The van der Waals surface area contributed by atoms with Crippen LogP contribution < -0.4 is 5.73 Å². The van der Waals surface area contributed by atoms with E-state index in [0.29, 0.717) is 22.2 Å². The number of hydrogen-bond acceptors (Lipinski definition) is 6. The summed E-state index contributed by atoms with van der Waals surface area (Å²) in [6, 6.07) is 5.43. The number of aromatic nitrogens is 4. The van der Waals surface area contributed by atoms with E-state index in [1.54, 1.807) is 10.7 Å². The lowest BCUT2D eigenvalue weighted by atomic mass is 10.3. The number of fused-ring (bicyclic) bond motifs is 1. The zero-order valence-electron chi connectivity index (χ0n) is 9.70. The van der Waals surface area contributed by atoms with Gasteiger partial charge >= 0.3 is 0 Å². The van der Waals surface area contributed by atoms with Crippen molar-refractivity contribution in [2.24, 2.45) is 7.05 Å². The van der Waals surface area contributed by atoms with Crippen LogP contribution in [0.4, 0.5) is 5.69 Å². The van der Waals surface area contributed by atoms with E-state index in [9.17, 15) is 0 Å². The first-order chi connectivity index (χ1) is 8.72. The number of aryl methyl sites for hydroxylation is 1. The van der Waals surface area contributed by atoms with Crippen LogP contribution in [-0.4, -0.2) is 19.7 Å². The van der Waals surface area contributed by atoms with Crippen LogP contribution in [0.1, 0.15) is 5.82 Å². The Kier molecular flexibility index (Phi) is 2.67. The standard InChI is InChI=1S/C11H11N5OS/c1-16-10(13-6-14-16)5-18-11-15-8-3-2-7(12)4-9(8)17-11/h2-4,6H,5,12H2,1H3. The number of rotatable bonds is 3. The van der Waals surface area contributed by atoms with Gasteiger partial charge in [-0.15, -0.1) is 0 Å². The molecule has 0 unspecified atom stereocenters. The summed E-state index contributed by atoms with van der Waals surface area (Å²) in [5.41, 5.74) is 7.87. The predicted octanol–water partition coefficient (Wildman–Crippen LogP) is 1.83. The maximum absolute atomic E-state index is 5.69. The SMILES string of the molecule is Cn1ncnc1CSc1nc2ccc(N)cc2o1. The minimum absolute atomic E-state index is 0.610. The van der Waals surface area contributed by atoms with E-state index in [4.69, 9.17) is 10.2 Å². The maximum atomic E-state index is 5.69. The van der Waals surface area contributed by atoms with E-state index in [-0.39, 0.29) is 0 Å². The molecule has 0 radical (unpaired) electrons. The summed E-state index contributed by atoms with van der Waals surface area (Å²) in [5.74, 6) is 1.54. The molecule has 3 aromatic rings. The molecule has 2 N–H and O–H groups in total. The van der Waals surface area contributed by atoms with Crippen molar-refractivity contribution in [3.63, 3.8) is 0 Å². The summed E-state index contributed by atoms with van der Waals surface area (Å²) in [7, 11) is 1.86. The molecule has 3 rings (SSSR count). The van der Waals surface area contributed by atoms with Gasteiger partial charge in [-0.1, -0.05) is 11.8 Å². The van der Waals surface area contributed by atoms with Gasteiger partial charge in [0.05, 0.1) is 5.75 Å². The minimum atomic E-state index is 0.610. The highest BCUT2D eigenvalue weighted by Gasteiger charge is 2.08. The molecule has 0 aliphatic heterocycles. The van der Waals surface area contributed by atoms with Gasteiger partial charge in [0.1, 0.15) is 17.7 Å². The number of nitrogens with zero attached hydrogens (tertiary/aromatic N) is 4. The van der Waals surface area contributed by atoms with Gasteiger partial charge in [-0.05, 0) is 12.1 Å². The van der Waals surface area contributed by atoms with Gasteiger partial charge in [0.15, 0.2) is 5.58 Å². The Hall–Kier alpha value is -2.02. The Labute approximate surface area is 107 Å². The van der Waals surface area contributed by atoms with Crippen molar-refractivity contribution in [3.05, 3.63) is 30.4 Å². The number of anilines is 1. The average molecular weight is 261 g/mol. The van der Waals surface area contributed by atoms with Crippen LogP contribution in [0.25, 0.3) is 11.1 Å². The zero-order chi connectivity index (χ0) is 12.5. The minimum Gasteiger partial charge on any atom is -0.431 e. The number of oxazole rings is 1. The third kappa shape index (κ3) is 2.04. The van der Waals surface area contributed by atoms with Gasteiger partial charge in [-0.2, -0.15) is 5.10 Å². The molecule has 6 nitrogen and oxygen atoms in total. The maximum Gasteiger partial charge on any atom is 0.257 e. The Balaban J connectivity index is 1.81. The van der Waals surface area contributed by atoms with Crippen LogP contribution in [0.3, 0.4) is 0 Å². The van der Waals surface area contributed by atoms with E-state index in [0.717, 1.165) is 11.3 Å². The smallest absolute Gasteiger partial charge is 0.257 e. The quantitative estimate of drug-likeness (QED) is 0.572. The molecule has 0 bridgehead atoms. The van der Waals surface area contributed by atoms with Crippen LogP contribution in [0.2, 0.25) is 0 Å². The Bertz CT molecular complexity index is 690. The van der Waals surface area contributed by atoms with Crippen molar-refractivity contribution in [1.82, 2.24) is 19.7 Å². The fourth-order valence-electron chi connectivity index (χ4n) is 1.56. The van der Waals surface area contributed by atoms with Gasteiger partial charge in [0.2, 0.25) is 0 Å². The Morgan fingerprint density at radius 2 is 2.33 bits per heavy atom.